The Hall–Kier alpha value is -2.53. The first-order valence-corrected chi connectivity index (χ1v) is 10.2. The summed E-state index contributed by atoms with van der Waals surface area (Å²) < 4.78 is 5.87. The Labute approximate surface area is 169 Å². The third-order valence-electron chi connectivity index (χ3n) is 5.35. The van der Waals surface area contributed by atoms with Crippen LogP contribution in [0.4, 0.5) is 6.01 Å². The molecule has 5 nitrogen and oxygen atoms in total. The van der Waals surface area contributed by atoms with Gasteiger partial charge in [-0.25, -0.2) is 0 Å². The van der Waals surface area contributed by atoms with Gasteiger partial charge in [-0.1, -0.05) is 35.9 Å². The summed E-state index contributed by atoms with van der Waals surface area (Å²) in [5.41, 5.74) is 2.73. The van der Waals surface area contributed by atoms with Gasteiger partial charge < -0.3 is 14.2 Å². The van der Waals surface area contributed by atoms with E-state index in [-0.39, 0.29) is 11.8 Å². The lowest BCUT2D eigenvalue weighted by atomic mass is 9.95. The number of rotatable bonds is 5. The number of carbonyl (C=O) groups is 1. The van der Waals surface area contributed by atoms with Crippen molar-refractivity contribution in [3.8, 4) is 0 Å². The maximum atomic E-state index is 13.0. The Balaban J connectivity index is 1.38. The van der Waals surface area contributed by atoms with E-state index in [4.69, 9.17) is 16.0 Å². The molecule has 6 heteroatoms. The van der Waals surface area contributed by atoms with Crippen LogP contribution in [-0.2, 0) is 11.3 Å². The molecule has 1 aliphatic rings. The maximum Gasteiger partial charge on any atom is 0.298 e. The highest BCUT2D eigenvalue weighted by atomic mass is 35.5. The fourth-order valence-corrected chi connectivity index (χ4v) is 3.99. The molecule has 2 aromatic carbocycles. The maximum absolute atomic E-state index is 13.0. The highest BCUT2D eigenvalue weighted by Gasteiger charge is 2.29. The van der Waals surface area contributed by atoms with Crippen molar-refractivity contribution in [2.24, 2.45) is 5.92 Å². The normalized spacial score (nSPS) is 15.1. The van der Waals surface area contributed by atoms with E-state index in [1.807, 2.05) is 60.4 Å². The van der Waals surface area contributed by atoms with Crippen LogP contribution in [0.15, 0.2) is 52.9 Å². The second-order valence-electron chi connectivity index (χ2n) is 7.21. The van der Waals surface area contributed by atoms with Gasteiger partial charge in [-0.15, -0.1) is 0 Å². The molecule has 1 saturated heterocycles. The standard InChI is InChI=1S/C22H24ClN3O2/c1-2-25(15-16-6-5-7-18(23)14-16)21(27)17-10-12-26(13-11-17)22-24-19-8-3-4-9-20(19)28-22/h3-9,14,17H,2,10-13,15H2,1H3. The van der Waals surface area contributed by atoms with Crippen LogP contribution in [0, 0.1) is 5.92 Å². The monoisotopic (exact) mass is 397 g/mol. The number of hydrogen-bond acceptors (Lipinski definition) is 4. The molecule has 0 unspecified atom stereocenters. The summed E-state index contributed by atoms with van der Waals surface area (Å²) in [5, 5.41) is 0.702. The van der Waals surface area contributed by atoms with Gasteiger partial charge >= 0.3 is 0 Å². The zero-order valence-electron chi connectivity index (χ0n) is 16.0. The van der Waals surface area contributed by atoms with Crippen LogP contribution in [0.25, 0.3) is 11.1 Å². The number of aromatic nitrogens is 1. The van der Waals surface area contributed by atoms with Crippen molar-refractivity contribution in [1.29, 1.82) is 0 Å². The lowest BCUT2D eigenvalue weighted by molar-refractivity contribution is -0.136. The summed E-state index contributed by atoms with van der Waals surface area (Å²) in [4.78, 5) is 21.7. The molecule has 0 atom stereocenters. The molecule has 0 radical (unpaired) electrons. The molecular weight excluding hydrogens is 374 g/mol. The Morgan fingerprint density at radius 3 is 2.71 bits per heavy atom. The van der Waals surface area contributed by atoms with Crippen LogP contribution in [0.1, 0.15) is 25.3 Å². The van der Waals surface area contributed by atoms with Crippen molar-refractivity contribution in [2.75, 3.05) is 24.5 Å². The van der Waals surface area contributed by atoms with Gasteiger partial charge in [0.15, 0.2) is 5.58 Å². The molecule has 1 fully saturated rings. The second-order valence-corrected chi connectivity index (χ2v) is 7.64. The van der Waals surface area contributed by atoms with Gasteiger partial charge in [0.25, 0.3) is 6.01 Å². The molecule has 1 aliphatic heterocycles. The van der Waals surface area contributed by atoms with Gasteiger partial charge in [0.1, 0.15) is 5.52 Å². The molecule has 2 heterocycles. The quantitative estimate of drug-likeness (QED) is 0.623. The molecule has 0 bridgehead atoms. The van der Waals surface area contributed by atoms with E-state index in [9.17, 15) is 4.79 Å². The number of anilines is 1. The number of fused-ring (bicyclic) bond motifs is 1. The number of amides is 1. The molecule has 0 spiro atoms. The second kappa shape index (κ2) is 8.23. The number of nitrogens with zero attached hydrogens (tertiary/aromatic N) is 3. The predicted octanol–water partition coefficient (Wildman–Crippen LogP) is 4.75. The Morgan fingerprint density at radius 2 is 2.00 bits per heavy atom. The summed E-state index contributed by atoms with van der Waals surface area (Å²) in [7, 11) is 0. The van der Waals surface area contributed by atoms with E-state index in [2.05, 4.69) is 9.88 Å². The molecule has 0 N–H and O–H groups in total. The fraction of sp³-hybridized carbons (Fsp3) is 0.364. The molecule has 1 aromatic heterocycles. The third-order valence-corrected chi connectivity index (χ3v) is 5.59. The van der Waals surface area contributed by atoms with Gasteiger partial charge in [0, 0.05) is 37.1 Å². The number of para-hydroxylation sites is 2. The Bertz CT molecular complexity index is 930. The molecular formula is C22H24ClN3O2. The SMILES string of the molecule is CCN(Cc1cccc(Cl)c1)C(=O)C1CCN(c2nc3ccccc3o2)CC1. The van der Waals surface area contributed by atoms with Gasteiger partial charge in [0.2, 0.25) is 5.91 Å². The number of carbonyl (C=O) groups excluding carboxylic acids is 1. The minimum atomic E-state index is 0.0414. The summed E-state index contributed by atoms with van der Waals surface area (Å²) >= 11 is 6.08. The molecule has 3 aromatic rings. The third kappa shape index (κ3) is 3.99. The number of oxazole rings is 1. The Morgan fingerprint density at radius 1 is 1.21 bits per heavy atom. The average Bonchev–Trinajstić information content (AvgIpc) is 3.16. The van der Waals surface area contributed by atoms with Crippen molar-refractivity contribution in [2.45, 2.75) is 26.3 Å². The number of benzene rings is 2. The molecule has 0 aliphatic carbocycles. The predicted molar refractivity (Wildman–Crippen MR) is 111 cm³/mol. The van der Waals surface area contributed by atoms with Crippen LogP contribution in [0.2, 0.25) is 5.02 Å². The number of piperidine rings is 1. The van der Waals surface area contributed by atoms with Crippen LogP contribution < -0.4 is 4.90 Å². The van der Waals surface area contributed by atoms with E-state index >= 15 is 0 Å². The van der Waals surface area contributed by atoms with Crippen LogP contribution >= 0.6 is 11.6 Å². The fourth-order valence-electron chi connectivity index (χ4n) is 3.77. The van der Waals surface area contributed by atoms with Crippen molar-refractivity contribution >= 4 is 34.6 Å². The lowest BCUT2D eigenvalue weighted by Gasteiger charge is -2.33. The van der Waals surface area contributed by atoms with Gasteiger partial charge in [-0.3, -0.25) is 4.79 Å². The summed E-state index contributed by atoms with van der Waals surface area (Å²) in [6.45, 7) is 4.86. The van der Waals surface area contributed by atoms with Crippen molar-refractivity contribution in [1.82, 2.24) is 9.88 Å². The smallest absolute Gasteiger partial charge is 0.298 e. The molecule has 1 amide bonds. The van der Waals surface area contributed by atoms with Gasteiger partial charge in [-0.2, -0.15) is 4.98 Å². The van der Waals surface area contributed by atoms with Gasteiger partial charge in [-0.05, 0) is 49.6 Å². The van der Waals surface area contributed by atoms with Crippen molar-refractivity contribution in [3.05, 3.63) is 59.1 Å². The van der Waals surface area contributed by atoms with Crippen LogP contribution in [0.5, 0.6) is 0 Å². The van der Waals surface area contributed by atoms with Crippen LogP contribution in [-0.4, -0.2) is 35.4 Å². The zero-order valence-corrected chi connectivity index (χ0v) is 16.7. The molecule has 0 saturated carbocycles. The summed E-state index contributed by atoms with van der Waals surface area (Å²) in [6, 6.07) is 16.1. The largest absolute Gasteiger partial charge is 0.423 e. The topological polar surface area (TPSA) is 49.6 Å². The minimum absolute atomic E-state index is 0.0414. The van der Waals surface area contributed by atoms with Crippen molar-refractivity contribution in [3.63, 3.8) is 0 Å². The van der Waals surface area contributed by atoms with Crippen molar-refractivity contribution < 1.29 is 9.21 Å². The number of hydrogen-bond donors (Lipinski definition) is 0. The Kier molecular flexibility index (Phi) is 5.53. The number of halogens is 1. The highest BCUT2D eigenvalue weighted by molar-refractivity contribution is 6.30. The molecule has 28 heavy (non-hydrogen) atoms. The average molecular weight is 398 g/mol. The summed E-state index contributed by atoms with van der Waals surface area (Å²) in [6.07, 6.45) is 1.62. The minimum Gasteiger partial charge on any atom is -0.423 e. The molecule has 4 rings (SSSR count). The van der Waals surface area contributed by atoms with E-state index in [0.29, 0.717) is 24.1 Å². The van der Waals surface area contributed by atoms with Gasteiger partial charge in [0.05, 0.1) is 0 Å². The molecule has 146 valence electrons. The lowest BCUT2D eigenvalue weighted by Crippen LogP contribution is -2.42. The zero-order chi connectivity index (χ0) is 19.5. The van der Waals surface area contributed by atoms with E-state index in [0.717, 1.165) is 42.6 Å². The first-order valence-electron chi connectivity index (χ1n) is 9.78. The first-order chi connectivity index (χ1) is 13.6. The summed E-state index contributed by atoms with van der Waals surface area (Å²) in [5.74, 6) is 0.263. The van der Waals surface area contributed by atoms with Crippen LogP contribution in [0.3, 0.4) is 0 Å². The van der Waals surface area contributed by atoms with E-state index in [1.54, 1.807) is 0 Å². The highest BCUT2D eigenvalue weighted by Crippen LogP contribution is 2.27. The van der Waals surface area contributed by atoms with E-state index in [1.165, 1.54) is 0 Å². The first kappa shape index (κ1) is 18.8. The van der Waals surface area contributed by atoms with E-state index < -0.39 is 0 Å².